The fourth-order valence-electron chi connectivity index (χ4n) is 3.08. The molecule has 1 amide bonds. The number of rotatable bonds is 4. The molecule has 1 saturated heterocycles. The zero-order chi connectivity index (χ0) is 16.4. The van der Waals surface area contributed by atoms with Crippen molar-refractivity contribution in [1.29, 1.82) is 0 Å². The van der Waals surface area contributed by atoms with Gasteiger partial charge in [-0.15, -0.1) is 23.7 Å². The number of hydrogen-bond donors (Lipinski definition) is 1. The van der Waals surface area contributed by atoms with Gasteiger partial charge >= 0.3 is 0 Å². The Morgan fingerprint density at radius 2 is 2.04 bits per heavy atom. The molecule has 2 heterocycles. The maximum Gasteiger partial charge on any atom is 0.226 e. The van der Waals surface area contributed by atoms with Gasteiger partial charge in [-0.3, -0.25) is 4.79 Å². The lowest BCUT2D eigenvalue weighted by atomic mass is 9.91. The van der Waals surface area contributed by atoms with Crippen molar-refractivity contribution in [2.45, 2.75) is 65.5 Å². The molecule has 2 rings (SSSR count). The van der Waals surface area contributed by atoms with Crippen molar-refractivity contribution in [2.24, 2.45) is 5.92 Å². The lowest BCUT2D eigenvalue weighted by Crippen LogP contribution is -2.43. The van der Waals surface area contributed by atoms with Gasteiger partial charge in [0.1, 0.15) is 0 Å². The molecule has 0 spiro atoms. The fraction of sp³-hybridized carbons (Fsp3) is 0.765. The maximum absolute atomic E-state index is 12.8. The van der Waals surface area contributed by atoms with Crippen LogP contribution in [-0.2, 0) is 4.79 Å². The predicted octanol–water partition coefficient (Wildman–Crippen LogP) is 3.90. The summed E-state index contributed by atoms with van der Waals surface area (Å²) in [6.07, 6.45) is 1.88. The first-order chi connectivity index (χ1) is 10.3. The van der Waals surface area contributed by atoms with Crippen molar-refractivity contribution in [1.82, 2.24) is 15.2 Å². The summed E-state index contributed by atoms with van der Waals surface area (Å²) in [5.41, 5.74) is 1.07. The van der Waals surface area contributed by atoms with Crippen LogP contribution in [0.15, 0.2) is 0 Å². The van der Waals surface area contributed by atoms with Crippen LogP contribution >= 0.6 is 23.7 Å². The summed E-state index contributed by atoms with van der Waals surface area (Å²) >= 11 is 1.75. The number of carbonyl (C=O) groups is 1. The van der Waals surface area contributed by atoms with E-state index in [2.05, 4.69) is 44.9 Å². The van der Waals surface area contributed by atoms with Crippen LogP contribution in [0.2, 0.25) is 0 Å². The third-order valence-electron chi connectivity index (χ3n) is 4.62. The Labute approximate surface area is 150 Å². The molecule has 23 heavy (non-hydrogen) atoms. The number of hydrogen-bond acceptors (Lipinski definition) is 4. The lowest BCUT2D eigenvalue weighted by molar-refractivity contribution is -0.137. The number of amides is 1. The second-order valence-electron chi connectivity index (χ2n) is 6.86. The minimum absolute atomic E-state index is 0. The van der Waals surface area contributed by atoms with E-state index in [0.717, 1.165) is 30.1 Å². The summed E-state index contributed by atoms with van der Waals surface area (Å²) in [4.78, 5) is 20.6. The molecule has 1 aromatic heterocycles. The number of nitrogens with zero attached hydrogens (tertiary/aromatic N) is 2. The number of aryl methyl sites for hydroxylation is 1. The van der Waals surface area contributed by atoms with E-state index in [4.69, 9.17) is 0 Å². The lowest BCUT2D eigenvalue weighted by Gasteiger charge is -2.33. The average Bonchev–Trinajstić information content (AvgIpc) is 2.87. The van der Waals surface area contributed by atoms with Crippen LogP contribution in [0.1, 0.15) is 68.1 Å². The molecule has 0 aliphatic carbocycles. The standard InChI is InChI=1S/C17H29N3OS.ClH/c1-10(2)16-19-12(4)15(22-16)13(5)20(6)17(21)14-7-8-18-11(3)9-14;/h10-11,13-14,18H,7-9H2,1-6H3;1H/t11-,13?,14-;/m0./s1. The molecule has 0 saturated carbocycles. The fourth-order valence-corrected chi connectivity index (χ4v) is 4.24. The van der Waals surface area contributed by atoms with E-state index in [1.165, 1.54) is 4.88 Å². The number of piperidine rings is 1. The topological polar surface area (TPSA) is 45.2 Å². The highest BCUT2D eigenvalue weighted by atomic mass is 35.5. The molecule has 4 nitrogen and oxygen atoms in total. The monoisotopic (exact) mass is 359 g/mol. The zero-order valence-corrected chi connectivity index (χ0v) is 16.7. The molecule has 1 N–H and O–H groups in total. The predicted molar refractivity (Wildman–Crippen MR) is 99.6 cm³/mol. The number of nitrogens with one attached hydrogen (secondary N) is 1. The van der Waals surface area contributed by atoms with Gasteiger partial charge in [-0.25, -0.2) is 4.98 Å². The molecule has 1 fully saturated rings. The van der Waals surface area contributed by atoms with E-state index >= 15 is 0 Å². The molecule has 1 unspecified atom stereocenters. The van der Waals surface area contributed by atoms with E-state index in [1.807, 2.05) is 11.9 Å². The van der Waals surface area contributed by atoms with Crippen molar-refractivity contribution in [3.63, 3.8) is 0 Å². The molecule has 1 aromatic rings. The second-order valence-corrected chi connectivity index (χ2v) is 7.92. The zero-order valence-electron chi connectivity index (χ0n) is 15.0. The van der Waals surface area contributed by atoms with Crippen LogP contribution in [0.5, 0.6) is 0 Å². The van der Waals surface area contributed by atoms with Crippen LogP contribution in [0.4, 0.5) is 0 Å². The van der Waals surface area contributed by atoms with E-state index < -0.39 is 0 Å². The minimum atomic E-state index is 0. The van der Waals surface area contributed by atoms with Gasteiger partial charge in [-0.1, -0.05) is 13.8 Å². The highest BCUT2D eigenvalue weighted by Crippen LogP contribution is 2.33. The first kappa shape index (κ1) is 20.4. The van der Waals surface area contributed by atoms with Gasteiger partial charge in [-0.05, 0) is 40.2 Å². The van der Waals surface area contributed by atoms with Crippen LogP contribution in [0.25, 0.3) is 0 Å². The van der Waals surface area contributed by atoms with E-state index in [1.54, 1.807) is 11.3 Å². The number of carbonyl (C=O) groups excluding carboxylic acids is 1. The summed E-state index contributed by atoms with van der Waals surface area (Å²) in [5.74, 6) is 0.872. The van der Waals surface area contributed by atoms with Crippen molar-refractivity contribution in [2.75, 3.05) is 13.6 Å². The van der Waals surface area contributed by atoms with Crippen molar-refractivity contribution < 1.29 is 4.79 Å². The summed E-state index contributed by atoms with van der Waals surface area (Å²) in [7, 11) is 1.94. The number of aromatic nitrogens is 1. The molecular formula is C17H30ClN3OS. The van der Waals surface area contributed by atoms with Crippen molar-refractivity contribution in [3.8, 4) is 0 Å². The van der Waals surface area contributed by atoms with Gasteiger partial charge in [0.25, 0.3) is 0 Å². The number of halogens is 1. The molecule has 3 atom stereocenters. The molecular weight excluding hydrogens is 330 g/mol. The highest BCUT2D eigenvalue weighted by molar-refractivity contribution is 7.11. The van der Waals surface area contributed by atoms with Gasteiger partial charge in [-0.2, -0.15) is 0 Å². The smallest absolute Gasteiger partial charge is 0.226 e. The quantitative estimate of drug-likeness (QED) is 0.886. The van der Waals surface area contributed by atoms with E-state index in [9.17, 15) is 4.79 Å². The van der Waals surface area contributed by atoms with Crippen LogP contribution in [0, 0.1) is 12.8 Å². The van der Waals surface area contributed by atoms with Crippen molar-refractivity contribution in [3.05, 3.63) is 15.6 Å². The largest absolute Gasteiger partial charge is 0.338 e. The Hall–Kier alpha value is -0.650. The highest BCUT2D eigenvalue weighted by Gasteiger charge is 2.30. The Morgan fingerprint density at radius 1 is 1.39 bits per heavy atom. The van der Waals surface area contributed by atoms with Gasteiger partial charge < -0.3 is 10.2 Å². The maximum atomic E-state index is 12.8. The van der Waals surface area contributed by atoms with Gasteiger partial charge in [0.15, 0.2) is 0 Å². The molecule has 0 bridgehead atoms. The van der Waals surface area contributed by atoms with Crippen LogP contribution in [-0.4, -0.2) is 35.4 Å². The first-order valence-corrected chi connectivity index (χ1v) is 9.10. The molecule has 0 radical (unpaired) electrons. The minimum Gasteiger partial charge on any atom is -0.338 e. The molecule has 132 valence electrons. The van der Waals surface area contributed by atoms with Crippen molar-refractivity contribution >= 4 is 29.7 Å². The third-order valence-corrected chi connectivity index (χ3v) is 6.25. The number of thiazole rings is 1. The normalized spacial score (nSPS) is 22.6. The Bertz CT molecular complexity index is 532. The van der Waals surface area contributed by atoms with E-state index in [-0.39, 0.29) is 30.3 Å². The van der Waals surface area contributed by atoms with Gasteiger partial charge in [0.2, 0.25) is 5.91 Å². The summed E-state index contributed by atoms with van der Waals surface area (Å²) in [6, 6.07) is 0.534. The molecule has 6 heteroatoms. The van der Waals surface area contributed by atoms with Gasteiger partial charge in [0, 0.05) is 29.8 Å². The summed E-state index contributed by atoms with van der Waals surface area (Å²) in [5, 5.41) is 4.58. The molecule has 1 aliphatic rings. The average molecular weight is 360 g/mol. The SMILES string of the molecule is Cc1nc(C(C)C)sc1C(C)N(C)C(=O)[C@H]1CCN[C@@H](C)C1.Cl. The Balaban J connectivity index is 0.00000264. The molecule has 1 aliphatic heterocycles. The summed E-state index contributed by atoms with van der Waals surface area (Å²) in [6.45, 7) is 11.6. The van der Waals surface area contributed by atoms with E-state index in [0.29, 0.717) is 12.0 Å². The first-order valence-electron chi connectivity index (χ1n) is 8.28. The van der Waals surface area contributed by atoms with Crippen LogP contribution < -0.4 is 5.32 Å². The third kappa shape index (κ3) is 4.68. The summed E-state index contributed by atoms with van der Waals surface area (Å²) < 4.78 is 0. The van der Waals surface area contributed by atoms with Gasteiger partial charge in [0.05, 0.1) is 16.7 Å². The molecule has 0 aromatic carbocycles. The Kier molecular flexibility index (Phi) is 7.49. The Morgan fingerprint density at radius 3 is 2.57 bits per heavy atom. The van der Waals surface area contributed by atoms with Crippen LogP contribution in [0.3, 0.4) is 0 Å². The second kappa shape index (κ2) is 8.45.